The van der Waals surface area contributed by atoms with Crippen LogP contribution in [-0.4, -0.2) is 0 Å². The lowest BCUT2D eigenvalue weighted by atomic mass is 10.1. The number of unbranched alkanes of at least 4 members (excludes halogenated alkanes) is 2. The van der Waals surface area contributed by atoms with Crippen LogP contribution in [0.5, 0.6) is 0 Å². The summed E-state index contributed by atoms with van der Waals surface area (Å²) in [5.41, 5.74) is 6.65. The molecule has 0 saturated carbocycles. The molecule has 1 nitrogen and oxygen atoms in total. The molecular weight excluding hydrogens is 165 g/mol. The second kappa shape index (κ2) is 4.85. The average Bonchev–Trinajstić information content (AvgIpc) is 2.12. The number of benzene rings is 1. The van der Waals surface area contributed by atoms with Crippen LogP contribution in [-0.2, 0) is 6.42 Å². The maximum absolute atomic E-state index is 13.0. The highest BCUT2D eigenvalue weighted by molar-refractivity contribution is 5.41. The molecule has 1 aromatic rings. The Morgan fingerprint density at radius 1 is 1.31 bits per heavy atom. The third-order valence-electron chi connectivity index (χ3n) is 2.13. The summed E-state index contributed by atoms with van der Waals surface area (Å²) < 4.78 is 13.0. The first-order valence-electron chi connectivity index (χ1n) is 4.78. The van der Waals surface area contributed by atoms with Crippen LogP contribution in [0.25, 0.3) is 0 Å². The van der Waals surface area contributed by atoms with E-state index in [9.17, 15) is 4.39 Å². The van der Waals surface area contributed by atoms with E-state index in [1.54, 1.807) is 6.07 Å². The summed E-state index contributed by atoms with van der Waals surface area (Å²) in [5, 5.41) is 0. The van der Waals surface area contributed by atoms with Gasteiger partial charge >= 0.3 is 0 Å². The van der Waals surface area contributed by atoms with Crippen molar-refractivity contribution in [3.8, 4) is 0 Å². The van der Waals surface area contributed by atoms with Gasteiger partial charge in [0.05, 0.1) is 5.69 Å². The van der Waals surface area contributed by atoms with E-state index in [0.29, 0.717) is 0 Å². The molecule has 0 aliphatic heterocycles. The molecule has 0 bridgehead atoms. The number of anilines is 1. The zero-order chi connectivity index (χ0) is 9.68. The minimum atomic E-state index is -0.297. The molecule has 72 valence electrons. The minimum absolute atomic E-state index is 0.235. The van der Waals surface area contributed by atoms with Crippen LogP contribution >= 0.6 is 0 Å². The third kappa shape index (κ3) is 3.05. The van der Waals surface area contributed by atoms with E-state index < -0.39 is 0 Å². The molecule has 13 heavy (non-hydrogen) atoms. The molecule has 0 saturated heterocycles. The van der Waals surface area contributed by atoms with E-state index in [4.69, 9.17) is 5.73 Å². The van der Waals surface area contributed by atoms with Crippen molar-refractivity contribution in [1.29, 1.82) is 0 Å². The second-order valence-electron chi connectivity index (χ2n) is 3.31. The van der Waals surface area contributed by atoms with Gasteiger partial charge in [-0.15, -0.1) is 0 Å². The van der Waals surface area contributed by atoms with Crippen LogP contribution in [0.15, 0.2) is 18.2 Å². The molecule has 1 aromatic carbocycles. The largest absolute Gasteiger partial charge is 0.396 e. The molecule has 0 aliphatic rings. The van der Waals surface area contributed by atoms with Crippen LogP contribution < -0.4 is 5.73 Å². The summed E-state index contributed by atoms with van der Waals surface area (Å²) in [6, 6.07) is 5.07. The van der Waals surface area contributed by atoms with Crippen molar-refractivity contribution in [1.82, 2.24) is 0 Å². The third-order valence-corrected chi connectivity index (χ3v) is 2.13. The fourth-order valence-electron chi connectivity index (χ4n) is 1.31. The summed E-state index contributed by atoms with van der Waals surface area (Å²) in [5.74, 6) is -0.297. The average molecular weight is 181 g/mol. The topological polar surface area (TPSA) is 26.0 Å². The number of rotatable bonds is 4. The summed E-state index contributed by atoms with van der Waals surface area (Å²) >= 11 is 0. The van der Waals surface area contributed by atoms with Gasteiger partial charge in [0.25, 0.3) is 0 Å². The van der Waals surface area contributed by atoms with Crippen molar-refractivity contribution in [2.24, 2.45) is 0 Å². The zero-order valence-corrected chi connectivity index (χ0v) is 8.02. The zero-order valence-electron chi connectivity index (χ0n) is 8.02. The molecule has 0 radical (unpaired) electrons. The van der Waals surface area contributed by atoms with Crippen LogP contribution in [0.4, 0.5) is 10.1 Å². The second-order valence-corrected chi connectivity index (χ2v) is 3.31. The highest BCUT2D eigenvalue weighted by Gasteiger charge is 1.99. The maximum Gasteiger partial charge on any atom is 0.146 e. The lowest BCUT2D eigenvalue weighted by molar-refractivity contribution is 0.627. The molecule has 0 heterocycles. The Morgan fingerprint density at radius 2 is 2.08 bits per heavy atom. The smallest absolute Gasteiger partial charge is 0.146 e. The van der Waals surface area contributed by atoms with E-state index in [2.05, 4.69) is 6.92 Å². The molecule has 2 heteroatoms. The van der Waals surface area contributed by atoms with Crippen molar-refractivity contribution < 1.29 is 4.39 Å². The summed E-state index contributed by atoms with van der Waals surface area (Å²) in [6.07, 6.45) is 4.47. The Hall–Kier alpha value is -1.05. The van der Waals surface area contributed by atoms with Gasteiger partial charge in [-0.25, -0.2) is 4.39 Å². The highest BCUT2D eigenvalue weighted by atomic mass is 19.1. The van der Waals surface area contributed by atoms with Gasteiger partial charge in [0.15, 0.2) is 0 Å². The van der Waals surface area contributed by atoms with Gasteiger partial charge < -0.3 is 5.73 Å². The Morgan fingerprint density at radius 3 is 2.69 bits per heavy atom. The molecule has 0 spiro atoms. The first kappa shape index (κ1) is 10.0. The number of nitrogen functional groups attached to an aromatic ring is 1. The monoisotopic (exact) mass is 181 g/mol. The minimum Gasteiger partial charge on any atom is -0.396 e. The molecule has 1 rings (SSSR count). The van der Waals surface area contributed by atoms with Crippen LogP contribution in [0.1, 0.15) is 31.7 Å². The number of nitrogens with two attached hydrogens (primary N) is 1. The van der Waals surface area contributed by atoms with Crippen LogP contribution in [0.3, 0.4) is 0 Å². The predicted molar refractivity (Wildman–Crippen MR) is 54.0 cm³/mol. The fraction of sp³-hybridized carbons (Fsp3) is 0.455. The molecule has 0 atom stereocenters. The van der Waals surface area contributed by atoms with Gasteiger partial charge in [-0.1, -0.05) is 25.8 Å². The van der Waals surface area contributed by atoms with Gasteiger partial charge in [-0.2, -0.15) is 0 Å². The molecular formula is C11H16FN. The molecule has 0 fully saturated rings. The Balaban J connectivity index is 2.53. The van der Waals surface area contributed by atoms with E-state index in [1.165, 1.54) is 18.9 Å². The molecule has 0 aromatic heterocycles. The maximum atomic E-state index is 13.0. The van der Waals surface area contributed by atoms with Gasteiger partial charge in [0.1, 0.15) is 5.82 Å². The molecule has 0 unspecified atom stereocenters. The van der Waals surface area contributed by atoms with E-state index in [0.717, 1.165) is 18.4 Å². The summed E-state index contributed by atoms with van der Waals surface area (Å²) in [6.45, 7) is 2.16. The normalized spacial score (nSPS) is 10.3. The van der Waals surface area contributed by atoms with Crippen molar-refractivity contribution in [3.63, 3.8) is 0 Å². The van der Waals surface area contributed by atoms with Crippen molar-refractivity contribution in [3.05, 3.63) is 29.6 Å². The van der Waals surface area contributed by atoms with Crippen molar-refractivity contribution >= 4 is 5.69 Å². The van der Waals surface area contributed by atoms with Crippen LogP contribution in [0.2, 0.25) is 0 Å². The van der Waals surface area contributed by atoms with Gasteiger partial charge in [-0.3, -0.25) is 0 Å². The summed E-state index contributed by atoms with van der Waals surface area (Å²) in [4.78, 5) is 0. The Labute approximate surface area is 78.8 Å². The summed E-state index contributed by atoms with van der Waals surface area (Å²) in [7, 11) is 0. The van der Waals surface area contributed by atoms with E-state index in [-0.39, 0.29) is 11.5 Å². The molecule has 0 amide bonds. The number of hydrogen-bond donors (Lipinski definition) is 1. The first-order chi connectivity index (χ1) is 6.24. The first-order valence-corrected chi connectivity index (χ1v) is 4.78. The van der Waals surface area contributed by atoms with Gasteiger partial charge in [0, 0.05) is 0 Å². The fourth-order valence-corrected chi connectivity index (χ4v) is 1.31. The number of aryl methyl sites for hydroxylation is 1. The standard InChI is InChI=1S/C11H16FN/c1-2-3-4-5-9-6-7-11(13)10(12)8-9/h6-8H,2-5,13H2,1H3. The number of halogens is 1. The van der Waals surface area contributed by atoms with Gasteiger partial charge in [0.2, 0.25) is 0 Å². The van der Waals surface area contributed by atoms with Crippen LogP contribution in [0, 0.1) is 5.82 Å². The Bertz CT molecular complexity index is 271. The van der Waals surface area contributed by atoms with E-state index >= 15 is 0 Å². The predicted octanol–water partition coefficient (Wildman–Crippen LogP) is 3.14. The molecule has 0 aliphatic carbocycles. The Kier molecular flexibility index (Phi) is 3.74. The highest BCUT2D eigenvalue weighted by Crippen LogP contribution is 2.14. The lowest BCUT2D eigenvalue weighted by Crippen LogP contribution is -1.93. The van der Waals surface area contributed by atoms with Crippen molar-refractivity contribution in [2.45, 2.75) is 32.6 Å². The number of hydrogen-bond acceptors (Lipinski definition) is 1. The lowest BCUT2D eigenvalue weighted by Gasteiger charge is -2.02. The van der Waals surface area contributed by atoms with E-state index in [1.807, 2.05) is 6.07 Å². The van der Waals surface area contributed by atoms with Gasteiger partial charge in [-0.05, 0) is 30.5 Å². The quantitative estimate of drug-likeness (QED) is 0.560. The molecule has 2 N–H and O–H groups in total. The SMILES string of the molecule is CCCCCc1ccc(N)c(F)c1. The van der Waals surface area contributed by atoms with Crippen molar-refractivity contribution in [2.75, 3.05) is 5.73 Å².